The molecule has 8 nitrogen and oxygen atoms in total. The van der Waals surface area contributed by atoms with Crippen LogP contribution < -0.4 is 19.5 Å². The van der Waals surface area contributed by atoms with Gasteiger partial charge in [0.25, 0.3) is 0 Å². The van der Waals surface area contributed by atoms with Crippen LogP contribution in [0.2, 0.25) is 0 Å². The Morgan fingerprint density at radius 3 is 2.48 bits per heavy atom. The first kappa shape index (κ1) is 21.7. The van der Waals surface area contributed by atoms with Crippen LogP contribution in [-0.4, -0.2) is 36.4 Å². The minimum Gasteiger partial charge on any atom is -0.493 e. The van der Waals surface area contributed by atoms with Crippen molar-refractivity contribution in [3.05, 3.63) is 42.7 Å². The molecule has 0 fully saturated rings. The number of nitrogens with zero attached hydrogens (tertiary/aromatic N) is 2. The van der Waals surface area contributed by atoms with Gasteiger partial charge in [-0.1, -0.05) is 6.92 Å². The normalized spacial score (nSPS) is 11.3. The Morgan fingerprint density at radius 2 is 1.84 bits per heavy atom. The number of carbonyl (C=O) groups excluding carboxylic acids is 1. The second-order valence-electron chi connectivity index (χ2n) is 6.50. The number of amides is 1. The fourth-order valence-corrected chi connectivity index (χ4v) is 2.86. The number of ether oxygens (including phenoxy) is 4. The Hall–Kier alpha value is -3.99. The molecule has 0 radical (unpaired) electrons. The van der Waals surface area contributed by atoms with Gasteiger partial charge in [-0.2, -0.15) is 0 Å². The minimum atomic E-state index is -0.557. The van der Waals surface area contributed by atoms with E-state index in [4.69, 9.17) is 25.4 Å². The van der Waals surface area contributed by atoms with Gasteiger partial charge < -0.3 is 18.9 Å². The molecule has 1 amide bonds. The van der Waals surface area contributed by atoms with Crippen molar-refractivity contribution in [2.24, 2.45) is 0 Å². The Balaban J connectivity index is 1.73. The van der Waals surface area contributed by atoms with Gasteiger partial charge in [-0.3, -0.25) is 5.32 Å². The lowest BCUT2D eigenvalue weighted by Gasteiger charge is -2.14. The highest BCUT2D eigenvalue weighted by molar-refractivity contribution is 5.87. The first-order chi connectivity index (χ1) is 15.1. The van der Waals surface area contributed by atoms with E-state index in [1.54, 1.807) is 50.6 Å². The lowest BCUT2D eigenvalue weighted by Crippen LogP contribution is -2.21. The zero-order chi connectivity index (χ0) is 22.2. The summed E-state index contributed by atoms with van der Waals surface area (Å²) < 4.78 is 21.9. The maximum absolute atomic E-state index is 12.0. The molecular weight excluding hydrogens is 398 g/mol. The Kier molecular flexibility index (Phi) is 7.12. The van der Waals surface area contributed by atoms with E-state index in [0.29, 0.717) is 52.6 Å². The molecule has 1 aromatic heterocycles. The van der Waals surface area contributed by atoms with Crippen LogP contribution in [0.5, 0.6) is 23.1 Å². The number of aromatic nitrogens is 2. The smallest absolute Gasteiger partial charge is 0.411 e. The highest BCUT2D eigenvalue weighted by atomic mass is 16.6. The van der Waals surface area contributed by atoms with Crippen LogP contribution in [0.4, 0.5) is 10.5 Å². The molecule has 2 aromatic carbocycles. The van der Waals surface area contributed by atoms with Crippen molar-refractivity contribution in [1.82, 2.24) is 9.97 Å². The second kappa shape index (κ2) is 10.2. The third kappa shape index (κ3) is 5.34. The number of carbonyl (C=O) groups is 1. The molecule has 0 spiro atoms. The first-order valence-electron chi connectivity index (χ1n) is 9.63. The van der Waals surface area contributed by atoms with Gasteiger partial charge in [-0.05, 0) is 36.8 Å². The van der Waals surface area contributed by atoms with E-state index < -0.39 is 6.09 Å². The molecule has 1 N–H and O–H groups in total. The van der Waals surface area contributed by atoms with Crippen molar-refractivity contribution in [1.29, 1.82) is 0 Å². The molecule has 1 atom stereocenters. The zero-order valence-electron chi connectivity index (χ0n) is 17.5. The average Bonchev–Trinajstić information content (AvgIpc) is 2.79. The van der Waals surface area contributed by atoms with Crippen LogP contribution in [0.25, 0.3) is 10.9 Å². The van der Waals surface area contributed by atoms with Crippen molar-refractivity contribution in [3.8, 4) is 35.5 Å². The van der Waals surface area contributed by atoms with Gasteiger partial charge in [-0.15, -0.1) is 12.3 Å². The van der Waals surface area contributed by atoms with Crippen molar-refractivity contribution in [2.75, 3.05) is 19.5 Å². The Bertz CT molecular complexity index is 1090. The molecule has 3 rings (SSSR count). The predicted octanol–water partition coefficient (Wildman–Crippen LogP) is 4.79. The lowest BCUT2D eigenvalue weighted by atomic mass is 10.2. The number of hydrogen-bond acceptors (Lipinski definition) is 7. The van der Waals surface area contributed by atoms with Crippen molar-refractivity contribution in [3.63, 3.8) is 0 Å². The molecule has 160 valence electrons. The van der Waals surface area contributed by atoms with E-state index >= 15 is 0 Å². The van der Waals surface area contributed by atoms with Gasteiger partial charge in [-0.25, -0.2) is 14.8 Å². The zero-order valence-corrected chi connectivity index (χ0v) is 17.5. The molecule has 1 unspecified atom stereocenters. The predicted molar refractivity (Wildman–Crippen MR) is 117 cm³/mol. The van der Waals surface area contributed by atoms with Crippen molar-refractivity contribution in [2.45, 2.75) is 25.9 Å². The van der Waals surface area contributed by atoms with Gasteiger partial charge in [0.2, 0.25) is 5.88 Å². The van der Waals surface area contributed by atoms with E-state index in [-0.39, 0.29) is 6.10 Å². The number of rotatable bonds is 8. The molecule has 0 saturated heterocycles. The van der Waals surface area contributed by atoms with E-state index in [1.165, 1.54) is 6.33 Å². The highest BCUT2D eigenvalue weighted by Gasteiger charge is 2.14. The quantitative estimate of drug-likeness (QED) is 0.523. The molecule has 0 bridgehead atoms. The summed E-state index contributed by atoms with van der Waals surface area (Å²) in [6.45, 7) is 1.91. The summed E-state index contributed by atoms with van der Waals surface area (Å²) in [5.74, 6) is 4.51. The molecule has 31 heavy (non-hydrogen) atoms. The van der Waals surface area contributed by atoms with Gasteiger partial charge in [0, 0.05) is 18.2 Å². The van der Waals surface area contributed by atoms with Crippen LogP contribution in [0.1, 0.15) is 19.8 Å². The number of terminal acetylenes is 1. The number of anilines is 1. The monoisotopic (exact) mass is 421 g/mol. The third-order valence-corrected chi connectivity index (χ3v) is 4.49. The molecule has 0 aliphatic rings. The number of methoxy groups -OCH3 is 2. The topological polar surface area (TPSA) is 91.8 Å². The number of hydrogen-bond donors (Lipinski definition) is 1. The summed E-state index contributed by atoms with van der Waals surface area (Å²) in [7, 11) is 3.12. The summed E-state index contributed by atoms with van der Waals surface area (Å²) in [4.78, 5) is 20.5. The second-order valence-corrected chi connectivity index (χ2v) is 6.50. The van der Waals surface area contributed by atoms with Gasteiger partial charge in [0.1, 0.15) is 18.2 Å². The summed E-state index contributed by atoms with van der Waals surface area (Å²) in [6.07, 6.45) is 6.85. The Labute approximate surface area is 180 Å². The van der Waals surface area contributed by atoms with Crippen LogP contribution in [0.3, 0.4) is 0 Å². The summed E-state index contributed by atoms with van der Waals surface area (Å²) in [5.41, 5.74) is 1.22. The van der Waals surface area contributed by atoms with E-state index in [0.717, 1.165) is 0 Å². The first-order valence-corrected chi connectivity index (χ1v) is 9.63. The SMILES string of the molecule is C#CCC(CC)OC(=O)Nc1ccc(Oc2ncnc3cc(OC)c(OC)cc23)cc1. The average molecular weight is 421 g/mol. The number of benzene rings is 2. The van der Waals surface area contributed by atoms with Crippen molar-refractivity contribution >= 4 is 22.7 Å². The number of nitrogens with one attached hydrogen (secondary N) is 1. The molecule has 8 heteroatoms. The van der Waals surface area contributed by atoms with Crippen LogP contribution in [-0.2, 0) is 4.74 Å². The maximum atomic E-state index is 12.0. The van der Waals surface area contributed by atoms with Gasteiger partial charge >= 0.3 is 6.09 Å². The molecule has 0 aliphatic heterocycles. The summed E-state index contributed by atoms with van der Waals surface area (Å²) in [6, 6.07) is 10.3. The maximum Gasteiger partial charge on any atom is 0.411 e. The van der Waals surface area contributed by atoms with E-state index in [9.17, 15) is 4.79 Å². The van der Waals surface area contributed by atoms with Crippen molar-refractivity contribution < 1.29 is 23.7 Å². The molecular formula is C23H23N3O5. The van der Waals surface area contributed by atoms with E-state index in [1.807, 2.05) is 6.92 Å². The third-order valence-electron chi connectivity index (χ3n) is 4.49. The fraction of sp³-hybridized carbons (Fsp3) is 0.261. The molecule has 0 aliphatic carbocycles. The molecule has 1 heterocycles. The summed E-state index contributed by atoms with van der Waals surface area (Å²) in [5, 5.41) is 3.34. The summed E-state index contributed by atoms with van der Waals surface area (Å²) >= 11 is 0. The minimum absolute atomic E-state index is 0.311. The fourth-order valence-electron chi connectivity index (χ4n) is 2.86. The van der Waals surface area contributed by atoms with Crippen LogP contribution >= 0.6 is 0 Å². The van der Waals surface area contributed by atoms with E-state index in [2.05, 4.69) is 21.2 Å². The molecule has 3 aromatic rings. The molecule has 0 saturated carbocycles. The van der Waals surface area contributed by atoms with Crippen LogP contribution in [0, 0.1) is 12.3 Å². The standard InChI is InChI=1S/C23H23N3O5/c1-5-7-16(6-2)31-23(27)26-15-8-10-17(11-9-15)30-22-18-12-20(28-3)21(29-4)13-19(18)24-14-25-22/h1,8-14,16H,6-7H2,2-4H3,(H,26,27). The largest absolute Gasteiger partial charge is 0.493 e. The lowest BCUT2D eigenvalue weighted by molar-refractivity contribution is 0.111. The Morgan fingerprint density at radius 1 is 1.13 bits per heavy atom. The highest BCUT2D eigenvalue weighted by Crippen LogP contribution is 2.35. The van der Waals surface area contributed by atoms with Crippen LogP contribution in [0.15, 0.2) is 42.7 Å². The van der Waals surface area contributed by atoms with Gasteiger partial charge in [0.15, 0.2) is 11.5 Å². The number of fused-ring (bicyclic) bond motifs is 1. The van der Waals surface area contributed by atoms with Gasteiger partial charge in [0.05, 0.1) is 25.1 Å².